The van der Waals surface area contributed by atoms with Gasteiger partial charge in [0.05, 0.1) is 0 Å². The minimum absolute atomic E-state index is 0.310. The third-order valence-corrected chi connectivity index (χ3v) is 3.79. The van der Waals surface area contributed by atoms with Gasteiger partial charge in [-0.3, -0.25) is 0 Å². The third kappa shape index (κ3) is 3.42. The van der Waals surface area contributed by atoms with Crippen molar-refractivity contribution in [2.24, 2.45) is 11.7 Å². The molecule has 2 N–H and O–H groups in total. The number of nitrogens with zero attached hydrogens (tertiary/aromatic N) is 1. The molecule has 0 spiro atoms. The molecule has 4 heteroatoms. The van der Waals surface area contributed by atoms with E-state index in [1.165, 1.54) is 12.8 Å². The fraction of sp³-hybridized carbons (Fsp3) is 0.615. The first-order valence-electron chi connectivity index (χ1n) is 6.20. The van der Waals surface area contributed by atoms with Crippen LogP contribution in [0.5, 0.6) is 5.88 Å². The molecule has 94 valence electrons. The lowest BCUT2D eigenvalue weighted by Gasteiger charge is -2.27. The van der Waals surface area contributed by atoms with Crippen LogP contribution < -0.4 is 10.5 Å². The van der Waals surface area contributed by atoms with Crippen LogP contribution in [-0.2, 0) is 6.54 Å². The van der Waals surface area contributed by atoms with E-state index in [9.17, 15) is 0 Å². The van der Waals surface area contributed by atoms with Gasteiger partial charge in [0.25, 0.3) is 0 Å². The maximum atomic E-state index is 5.97. The second-order valence-electron chi connectivity index (χ2n) is 4.82. The van der Waals surface area contributed by atoms with Crippen molar-refractivity contribution in [3.63, 3.8) is 0 Å². The lowest BCUT2D eigenvalue weighted by molar-refractivity contribution is 0.129. The molecule has 1 heterocycles. The molecule has 0 aliphatic heterocycles. The van der Waals surface area contributed by atoms with Crippen molar-refractivity contribution in [1.82, 2.24) is 4.98 Å². The van der Waals surface area contributed by atoms with Gasteiger partial charge in [-0.05, 0) is 53.6 Å². The fourth-order valence-electron chi connectivity index (χ4n) is 2.23. The Hall–Kier alpha value is -0.610. The van der Waals surface area contributed by atoms with Crippen LogP contribution in [0.3, 0.4) is 0 Å². The summed E-state index contributed by atoms with van der Waals surface area (Å²) in [5.41, 5.74) is 6.68. The number of nitrogens with two attached hydrogens (primary N) is 1. The van der Waals surface area contributed by atoms with Gasteiger partial charge in [0.15, 0.2) is 0 Å². The first kappa shape index (κ1) is 12.8. The van der Waals surface area contributed by atoms with Crippen LogP contribution in [0.1, 0.15) is 38.2 Å². The summed E-state index contributed by atoms with van der Waals surface area (Å²) in [4.78, 5) is 4.31. The first-order chi connectivity index (χ1) is 8.19. The van der Waals surface area contributed by atoms with E-state index in [2.05, 4.69) is 27.8 Å². The zero-order valence-corrected chi connectivity index (χ0v) is 11.7. The van der Waals surface area contributed by atoms with Crippen molar-refractivity contribution >= 4 is 15.9 Å². The minimum atomic E-state index is 0.310. The third-order valence-electron chi connectivity index (χ3n) is 3.35. The highest BCUT2D eigenvalue weighted by atomic mass is 79.9. The monoisotopic (exact) mass is 298 g/mol. The van der Waals surface area contributed by atoms with Crippen molar-refractivity contribution in [1.29, 1.82) is 0 Å². The summed E-state index contributed by atoms with van der Waals surface area (Å²) in [7, 11) is 0. The smallest absolute Gasteiger partial charge is 0.218 e. The number of hydrogen-bond acceptors (Lipinski definition) is 3. The number of rotatable bonds is 3. The van der Waals surface area contributed by atoms with E-state index >= 15 is 0 Å². The Morgan fingerprint density at radius 1 is 1.41 bits per heavy atom. The first-order valence-corrected chi connectivity index (χ1v) is 6.99. The van der Waals surface area contributed by atoms with Crippen molar-refractivity contribution in [3.05, 3.63) is 22.3 Å². The number of hydrogen-bond donors (Lipinski definition) is 1. The average molecular weight is 299 g/mol. The van der Waals surface area contributed by atoms with Crippen LogP contribution >= 0.6 is 15.9 Å². The van der Waals surface area contributed by atoms with E-state index in [1.54, 1.807) is 6.20 Å². The van der Waals surface area contributed by atoms with Crippen LogP contribution in [0.4, 0.5) is 0 Å². The van der Waals surface area contributed by atoms with Gasteiger partial charge in [-0.2, -0.15) is 0 Å². The highest BCUT2D eigenvalue weighted by molar-refractivity contribution is 9.10. The molecule has 0 bridgehead atoms. The standard InChI is InChI=1S/C13H19BrN2O/c1-9-2-4-12(5-3-9)17-13-10(7-15)6-11(14)8-16-13/h6,8-9,12H,2-5,7,15H2,1H3. The molecule has 0 saturated heterocycles. The molecule has 17 heavy (non-hydrogen) atoms. The quantitative estimate of drug-likeness (QED) is 0.932. The Balaban J connectivity index is 2.03. The van der Waals surface area contributed by atoms with E-state index < -0.39 is 0 Å². The van der Waals surface area contributed by atoms with Gasteiger partial charge in [0.2, 0.25) is 5.88 Å². The van der Waals surface area contributed by atoms with Gasteiger partial charge >= 0.3 is 0 Å². The highest BCUT2D eigenvalue weighted by Crippen LogP contribution is 2.28. The van der Waals surface area contributed by atoms with E-state index in [4.69, 9.17) is 10.5 Å². The predicted octanol–water partition coefficient (Wildman–Crippen LogP) is 3.26. The summed E-state index contributed by atoms with van der Waals surface area (Å²) < 4.78 is 6.92. The Morgan fingerprint density at radius 3 is 2.76 bits per heavy atom. The SMILES string of the molecule is CC1CCC(Oc2ncc(Br)cc2CN)CC1. The second kappa shape index (κ2) is 5.83. The number of pyridine rings is 1. The summed E-state index contributed by atoms with van der Waals surface area (Å²) in [6, 6.07) is 1.98. The molecular weight excluding hydrogens is 280 g/mol. The maximum Gasteiger partial charge on any atom is 0.218 e. The Bertz CT molecular complexity index is 376. The van der Waals surface area contributed by atoms with Gasteiger partial charge in [-0.25, -0.2) is 4.98 Å². The predicted molar refractivity (Wildman–Crippen MR) is 71.9 cm³/mol. The summed E-state index contributed by atoms with van der Waals surface area (Å²) in [5, 5.41) is 0. The normalized spacial score (nSPS) is 24.6. The molecule has 3 nitrogen and oxygen atoms in total. The van der Waals surface area contributed by atoms with E-state index in [0.29, 0.717) is 18.5 Å². The molecular formula is C13H19BrN2O. The van der Waals surface area contributed by atoms with Gasteiger partial charge in [0.1, 0.15) is 6.10 Å². The number of ether oxygens (including phenoxy) is 1. The maximum absolute atomic E-state index is 5.97. The minimum Gasteiger partial charge on any atom is -0.474 e. The lowest BCUT2D eigenvalue weighted by atomic mass is 9.89. The second-order valence-corrected chi connectivity index (χ2v) is 5.74. The van der Waals surface area contributed by atoms with Gasteiger partial charge in [-0.15, -0.1) is 0 Å². The molecule has 1 saturated carbocycles. The molecule has 0 aromatic carbocycles. The topological polar surface area (TPSA) is 48.1 Å². The molecule has 0 atom stereocenters. The number of aromatic nitrogens is 1. The van der Waals surface area contributed by atoms with E-state index in [0.717, 1.165) is 28.8 Å². The van der Waals surface area contributed by atoms with Crippen molar-refractivity contribution in [3.8, 4) is 5.88 Å². The van der Waals surface area contributed by atoms with Crippen molar-refractivity contribution in [2.45, 2.75) is 45.3 Å². The summed E-state index contributed by atoms with van der Waals surface area (Å²) in [5.74, 6) is 1.54. The van der Waals surface area contributed by atoms with Crippen LogP contribution in [0.2, 0.25) is 0 Å². The molecule has 1 fully saturated rings. The van der Waals surface area contributed by atoms with Crippen LogP contribution in [-0.4, -0.2) is 11.1 Å². The number of halogens is 1. The molecule has 1 aliphatic carbocycles. The van der Waals surface area contributed by atoms with Gasteiger partial charge in [0, 0.05) is 22.8 Å². The van der Waals surface area contributed by atoms with Gasteiger partial charge < -0.3 is 10.5 Å². The zero-order valence-electron chi connectivity index (χ0n) is 10.2. The molecule has 2 rings (SSSR count). The molecule has 0 amide bonds. The molecule has 0 radical (unpaired) electrons. The van der Waals surface area contributed by atoms with E-state index in [1.807, 2.05) is 6.07 Å². The Labute approximate surface area is 111 Å². The van der Waals surface area contributed by atoms with Crippen molar-refractivity contribution in [2.75, 3.05) is 0 Å². The lowest BCUT2D eigenvalue weighted by Crippen LogP contribution is -2.24. The Morgan fingerprint density at radius 2 is 2.12 bits per heavy atom. The molecule has 1 aromatic heterocycles. The molecule has 1 aromatic rings. The van der Waals surface area contributed by atoms with Gasteiger partial charge in [-0.1, -0.05) is 6.92 Å². The summed E-state index contributed by atoms with van der Waals surface area (Å²) in [6.45, 7) is 2.77. The highest BCUT2D eigenvalue weighted by Gasteiger charge is 2.20. The van der Waals surface area contributed by atoms with Crippen LogP contribution in [0, 0.1) is 5.92 Å². The summed E-state index contributed by atoms with van der Waals surface area (Å²) in [6.07, 6.45) is 6.83. The average Bonchev–Trinajstić information content (AvgIpc) is 2.34. The Kier molecular flexibility index (Phi) is 4.40. The zero-order chi connectivity index (χ0) is 12.3. The van der Waals surface area contributed by atoms with Crippen LogP contribution in [0.25, 0.3) is 0 Å². The van der Waals surface area contributed by atoms with Crippen molar-refractivity contribution < 1.29 is 4.74 Å². The summed E-state index contributed by atoms with van der Waals surface area (Å²) >= 11 is 3.40. The molecule has 0 unspecified atom stereocenters. The fourth-order valence-corrected chi connectivity index (χ4v) is 2.60. The van der Waals surface area contributed by atoms with Crippen LogP contribution in [0.15, 0.2) is 16.7 Å². The molecule has 1 aliphatic rings. The largest absolute Gasteiger partial charge is 0.474 e. The van der Waals surface area contributed by atoms with E-state index in [-0.39, 0.29) is 0 Å².